The predicted molar refractivity (Wildman–Crippen MR) is 47.1 cm³/mol. The van der Waals surface area contributed by atoms with Gasteiger partial charge in [-0.2, -0.15) is 0 Å². The molecular weight excluding hydrogens is 156 g/mol. The molecule has 0 saturated carbocycles. The van der Waals surface area contributed by atoms with Gasteiger partial charge in [0.1, 0.15) is 0 Å². The number of primary amides is 1. The third-order valence-electron chi connectivity index (χ3n) is 1.68. The highest BCUT2D eigenvalue weighted by Gasteiger charge is 2.03. The van der Waals surface area contributed by atoms with Gasteiger partial charge < -0.3 is 16.0 Å². The molecule has 0 aromatic carbocycles. The van der Waals surface area contributed by atoms with Crippen LogP contribution in [0.15, 0.2) is 4.99 Å². The summed E-state index contributed by atoms with van der Waals surface area (Å²) in [4.78, 5) is 16.5. The highest BCUT2D eigenvalue weighted by atomic mass is 16.2. The van der Waals surface area contributed by atoms with Crippen molar-refractivity contribution < 1.29 is 4.79 Å². The maximum Gasteiger partial charge on any atom is 0.312 e. The molecule has 1 heterocycles. The number of carbonyl (C=O) groups is 1. The number of amides is 2. The summed E-state index contributed by atoms with van der Waals surface area (Å²) in [5.74, 6) is 0. The molecule has 5 nitrogen and oxygen atoms in total. The molecule has 0 atom stereocenters. The maximum atomic E-state index is 10.3. The van der Waals surface area contributed by atoms with E-state index in [1.165, 1.54) is 0 Å². The van der Waals surface area contributed by atoms with Gasteiger partial charge in [-0.05, 0) is 6.42 Å². The van der Waals surface area contributed by atoms with E-state index < -0.39 is 6.03 Å². The molecule has 0 aromatic rings. The van der Waals surface area contributed by atoms with Crippen LogP contribution in [0.5, 0.6) is 0 Å². The number of aliphatic imine (C=N–C) groups is 1. The first kappa shape index (κ1) is 8.83. The number of urea groups is 1. The van der Waals surface area contributed by atoms with Crippen molar-refractivity contribution in [3.63, 3.8) is 0 Å². The molecule has 0 bridgehead atoms. The lowest BCUT2D eigenvalue weighted by Crippen LogP contribution is -2.32. The molecule has 0 aliphatic carbocycles. The summed E-state index contributed by atoms with van der Waals surface area (Å²) in [5, 5.41) is 2.54. The molecule has 3 N–H and O–H groups in total. The monoisotopic (exact) mass is 170 g/mol. The average molecular weight is 170 g/mol. The van der Waals surface area contributed by atoms with E-state index in [1.807, 2.05) is 6.34 Å². The lowest BCUT2D eigenvalue weighted by atomic mass is 10.4. The van der Waals surface area contributed by atoms with Crippen LogP contribution in [0.4, 0.5) is 4.79 Å². The van der Waals surface area contributed by atoms with Gasteiger partial charge in [0.25, 0.3) is 0 Å². The van der Waals surface area contributed by atoms with E-state index in [0.29, 0.717) is 6.54 Å². The minimum Gasteiger partial charge on any atom is -0.361 e. The summed E-state index contributed by atoms with van der Waals surface area (Å²) in [6.45, 7) is 3.46. The molecule has 2 amide bonds. The van der Waals surface area contributed by atoms with E-state index in [2.05, 4.69) is 15.2 Å². The average Bonchev–Trinajstić information content (AvgIpc) is 2.49. The van der Waals surface area contributed by atoms with Crippen LogP contribution in [0.3, 0.4) is 0 Å². The molecule has 1 aliphatic heterocycles. The molecule has 5 heteroatoms. The van der Waals surface area contributed by atoms with Gasteiger partial charge in [-0.3, -0.25) is 4.99 Å². The molecule has 0 unspecified atom stereocenters. The van der Waals surface area contributed by atoms with Gasteiger partial charge in [-0.1, -0.05) is 0 Å². The molecule has 1 aliphatic rings. The van der Waals surface area contributed by atoms with Crippen molar-refractivity contribution in [3.05, 3.63) is 0 Å². The van der Waals surface area contributed by atoms with Crippen molar-refractivity contribution in [1.29, 1.82) is 0 Å². The molecule has 0 fully saturated rings. The van der Waals surface area contributed by atoms with E-state index in [1.54, 1.807) is 0 Å². The topological polar surface area (TPSA) is 70.7 Å². The van der Waals surface area contributed by atoms with Crippen LogP contribution in [0.25, 0.3) is 0 Å². The lowest BCUT2D eigenvalue weighted by Gasteiger charge is -2.12. The fourth-order valence-electron chi connectivity index (χ4n) is 1.08. The molecular formula is C7H14N4O. The summed E-state index contributed by atoms with van der Waals surface area (Å²) < 4.78 is 0. The summed E-state index contributed by atoms with van der Waals surface area (Å²) in [6, 6.07) is -0.454. The van der Waals surface area contributed by atoms with Gasteiger partial charge in [0.2, 0.25) is 0 Å². The second kappa shape index (κ2) is 4.58. The normalized spacial score (nSPS) is 15.2. The Hall–Kier alpha value is -1.26. The van der Waals surface area contributed by atoms with E-state index >= 15 is 0 Å². The highest BCUT2D eigenvalue weighted by molar-refractivity contribution is 5.71. The molecule has 0 aromatic heterocycles. The first-order valence-electron chi connectivity index (χ1n) is 4.06. The maximum absolute atomic E-state index is 10.3. The number of carbonyl (C=O) groups excluding carboxylic acids is 1. The van der Waals surface area contributed by atoms with Crippen LogP contribution in [0, 0.1) is 0 Å². The van der Waals surface area contributed by atoms with Crippen molar-refractivity contribution in [3.8, 4) is 0 Å². The SMILES string of the molecule is NC(=O)NCCCN1C=NCC1. The van der Waals surface area contributed by atoms with Gasteiger partial charge in [-0.15, -0.1) is 0 Å². The molecule has 68 valence electrons. The second-order valence-electron chi connectivity index (χ2n) is 2.70. The zero-order chi connectivity index (χ0) is 8.81. The zero-order valence-electron chi connectivity index (χ0n) is 6.99. The van der Waals surface area contributed by atoms with Crippen molar-refractivity contribution in [1.82, 2.24) is 10.2 Å². The number of hydrogen-bond donors (Lipinski definition) is 2. The third-order valence-corrected chi connectivity index (χ3v) is 1.68. The fraction of sp³-hybridized carbons (Fsp3) is 0.714. The van der Waals surface area contributed by atoms with E-state index in [4.69, 9.17) is 5.73 Å². The predicted octanol–water partition coefficient (Wildman–Crippen LogP) is -0.611. The first-order chi connectivity index (χ1) is 5.79. The van der Waals surface area contributed by atoms with Crippen LogP contribution in [0.2, 0.25) is 0 Å². The van der Waals surface area contributed by atoms with Gasteiger partial charge in [0.15, 0.2) is 0 Å². The van der Waals surface area contributed by atoms with Crippen molar-refractivity contribution in [2.75, 3.05) is 26.2 Å². The third kappa shape index (κ3) is 3.23. The van der Waals surface area contributed by atoms with Crippen molar-refractivity contribution in [2.24, 2.45) is 10.7 Å². The van der Waals surface area contributed by atoms with E-state index in [0.717, 1.165) is 26.1 Å². The molecule has 0 spiro atoms. The number of rotatable bonds is 4. The van der Waals surface area contributed by atoms with Crippen molar-refractivity contribution in [2.45, 2.75) is 6.42 Å². The van der Waals surface area contributed by atoms with Crippen molar-refractivity contribution >= 4 is 12.4 Å². The number of nitrogens with zero attached hydrogens (tertiary/aromatic N) is 2. The smallest absolute Gasteiger partial charge is 0.312 e. The molecule has 1 rings (SSSR count). The zero-order valence-corrected chi connectivity index (χ0v) is 6.99. The van der Waals surface area contributed by atoms with Crippen LogP contribution >= 0.6 is 0 Å². The Morgan fingerprint density at radius 3 is 3.17 bits per heavy atom. The van der Waals surface area contributed by atoms with Crippen LogP contribution in [0.1, 0.15) is 6.42 Å². The summed E-state index contributed by atoms with van der Waals surface area (Å²) in [7, 11) is 0. The molecule has 12 heavy (non-hydrogen) atoms. The Bertz CT molecular complexity index is 180. The number of nitrogens with one attached hydrogen (secondary N) is 1. The van der Waals surface area contributed by atoms with Crippen LogP contribution in [-0.4, -0.2) is 43.4 Å². The van der Waals surface area contributed by atoms with E-state index in [9.17, 15) is 4.79 Å². The minimum absolute atomic E-state index is 0.454. The summed E-state index contributed by atoms with van der Waals surface area (Å²) in [5.41, 5.74) is 4.90. The van der Waals surface area contributed by atoms with Gasteiger partial charge in [0, 0.05) is 19.6 Å². The first-order valence-corrected chi connectivity index (χ1v) is 4.06. The molecule has 0 radical (unpaired) electrons. The standard InChI is InChI=1S/C7H14N4O/c8-7(12)10-2-1-4-11-5-3-9-6-11/h6H,1-5H2,(H3,8,10,12). The van der Waals surface area contributed by atoms with Gasteiger partial charge >= 0.3 is 6.03 Å². The lowest BCUT2D eigenvalue weighted by molar-refractivity contribution is 0.248. The van der Waals surface area contributed by atoms with Crippen LogP contribution < -0.4 is 11.1 Å². The Labute approximate surface area is 71.6 Å². The Kier molecular flexibility index (Phi) is 3.37. The number of hydrogen-bond acceptors (Lipinski definition) is 3. The van der Waals surface area contributed by atoms with E-state index in [-0.39, 0.29) is 0 Å². The summed E-state index contributed by atoms with van der Waals surface area (Å²) >= 11 is 0. The quantitative estimate of drug-likeness (QED) is 0.552. The summed E-state index contributed by atoms with van der Waals surface area (Å²) in [6.07, 6.45) is 2.76. The van der Waals surface area contributed by atoms with Crippen LogP contribution in [-0.2, 0) is 0 Å². The Balaban J connectivity index is 1.95. The van der Waals surface area contributed by atoms with Gasteiger partial charge in [0.05, 0.1) is 12.9 Å². The van der Waals surface area contributed by atoms with Gasteiger partial charge in [-0.25, -0.2) is 4.79 Å². The second-order valence-corrected chi connectivity index (χ2v) is 2.70. The molecule has 0 saturated heterocycles. The largest absolute Gasteiger partial charge is 0.361 e. The Morgan fingerprint density at radius 1 is 1.75 bits per heavy atom. The highest BCUT2D eigenvalue weighted by Crippen LogP contribution is 1.93. The Morgan fingerprint density at radius 2 is 2.58 bits per heavy atom. The minimum atomic E-state index is -0.454. The number of nitrogens with two attached hydrogens (primary N) is 1. The fourth-order valence-corrected chi connectivity index (χ4v) is 1.08.